The van der Waals surface area contributed by atoms with Crippen LogP contribution in [0.4, 0.5) is 5.82 Å². The van der Waals surface area contributed by atoms with E-state index in [-0.39, 0.29) is 28.5 Å². The predicted molar refractivity (Wildman–Crippen MR) is 93.7 cm³/mol. The third-order valence-corrected chi connectivity index (χ3v) is 4.07. The van der Waals surface area contributed by atoms with Gasteiger partial charge < -0.3 is 25.9 Å². The Labute approximate surface area is 146 Å². The number of aromatic nitrogens is 3. The lowest BCUT2D eigenvalue weighted by molar-refractivity contribution is -0.116. The number of nitrogens with zero attached hydrogens (tertiary/aromatic N) is 2. The van der Waals surface area contributed by atoms with Crippen molar-refractivity contribution in [3.63, 3.8) is 0 Å². The van der Waals surface area contributed by atoms with Crippen molar-refractivity contribution >= 4 is 28.7 Å². The number of primary amides is 1. The smallest absolute Gasteiger partial charge is 0.314 e. The van der Waals surface area contributed by atoms with Crippen molar-refractivity contribution in [3.8, 4) is 11.8 Å². The molecule has 5 N–H and O–H groups in total. The number of carbonyl (C=O) groups is 2. The van der Waals surface area contributed by atoms with Crippen molar-refractivity contribution in [1.29, 1.82) is 0 Å². The molecule has 10 heteroatoms. The number of aromatic amines is 2. The fraction of sp³-hybridized carbons (Fsp3) is 0.312. The highest BCUT2D eigenvalue weighted by Crippen LogP contribution is 2.25. The second-order valence-electron chi connectivity index (χ2n) is 5.80. The van der Waals surface area contributed by atoms with E-state index in [9.17, 15) is 19.2 Å². The summed E-state index contributed by atoms with van der Waals surface area (Å²) >= 11 is 0. The third kappa shape index (κ3) is 3.14. The SMILES string of the molecule is CC#CC(=O)N[C@@H]1CCN(c2ncc(C(N)=O)c3[nH]c(=O)c(=O)[nH]c23)C1. The molecule has 2 aromatic heterocycles. The number of amides is 2. The first-order chi connectivity index (χ1) is 12.4. The number of pyridine rings is 1. The third-order valence-electron chi connectivity index (χ3n) is 4.07. The Balaban J connectivity index is 2.00. The Morgan fingerprint density at radius 3 is 2.65 bits per heavy atom. The lowest BCUT2D eigenvalue weighted by atomic mass is 10.2. The van der Waals surface area contributed by atoms with Gasteiger partial charge in [-0.05, 0) is 19.3 Å². The van der Waals surface area contributed by atoms with E-state index < -0.39 is 17.0 Å². The van der Waals surface area contributed by atoms with E-state index in [0.29, 0.717) is 25.3 Å². The lowest BCUT2D eigenvalue weighted by Crippen LogP contribution is -2.37. The minimum absolute atomic E-state index is 0.000583. The summed E-state index contributed by atoms with van der Waals surface area (Å²) < 4.78 is 0. The van der Waals surface area contributed by atoms with E-state index in [1.807, 2.05) is 4.90 Å². The van der Waals surface area contributed by atoms with Gasteiger partial charge in [0.25, 0.3) is 11.8 Å². The molecular weight excluding hydrogens is 340 g/mol. The summed E-state index contributed by atoms with van der Waals surface area (Å²) in [5, 5.41) is 2.79. The van der Waals surface area contributed by atoms with E-state index in [1.165, 1.54) is 6.20 Å². The van der Waals surface area contributed by atoms with Crippen molar-refractivity contribution in [2.45, 2.75) is 19.4 Å². The average molecular weight is 356 g/mol. The topological polar surface area (TPSA) is 154 Å². The highest BCUT2D eigenvalue weighted by atomic mass is 16.2. The van der Waals surface area contributed by atoms with Gasteiger partial charge in [-0.3, -0.25) is 19.2 Å². The van der Waals surface area contributed by atoms with Crippen LogP contribution in [0.5, 0.6) is 0 Å². The molecular formula is C16H16N6O4. The van der Waals surface area contributed by atoms with Gasteiger partial charge in [0.05, 0.1) is 11.1 Å². The lowest BCUT2D eigenvalue weighted by Gasteiger charge is -2.19. The van der Waals surface area contributed by atoms with Crippen LogP contribution in [0.25, 0.3) is 11.0 Å². The molecule has 0 bridgehead atoms. The number of nitrogens with two attached hydrogens (primary N) is 1. The molecule has 134 valence electrons. The first-order valence-electron chi connectivity index (χ1n) is 7.84. The Morgan fingerprint density at radius 2 is 2.00 bits per heavy atom. The summed E-state index contributed by atoms with van der Waals surface area (Å²) in [5.74, 6) is 4.20. The summed E-state index contributed by atoms with van der Waals surface area (Å²) in [6.07, 6.45) is 1.91. The number of anilines is 1. The second kappa shape index (κ2) is 6.72. The zero-order valence-corrected chi connectivity index (χ0v) is 13.9. The Morgan fingerprint density at radius 1 is 1.31 bits per heavy atom. The largest absolute Gasteiger partial charge is 0.365 e. The molecule has 1 fully saturated rings. The molecule has 1 saturated heterocycles. The maximum absolute atomic E-state index is 11.7. The van der Waals surface area contributed by atoms with Gasteiger partial charge in [0.1, 0.15) is 5.52 Å². The van der Waals surface area contributed by atoms with Crippen LogP contribution < -0.4 is 27.1 Å². The first-order valence-corrected chi connectivity index (χ1v) is 7.84. The summed E-state index contributed by atoms with van der Waals surface area (Å²) in [6, 6.07) is -0.134. The number of carbonyl (C=O) groups excluding carboxylic acids is 2. The molecule has 2 amide bonds. The van der Waals surface area contributed by atoms with E-state index in [4.69, 9.17) is 5.73 Å². The van der Waals surface area contributed by atoms with Crippen LogP contribution in [0, 0.1) is 11.8 Å². The molecule has 3 rings (SSSR count). The van der Waals surface area contributed by atoms with E-state index in [1.54, 1.807) is 6.92 Å². The number of fused-ring (bicyclic) bond motifs is 1. The summed E-state index contributed by atoms with van der Waals surface area (Å²) in [5.41, 5.74) is 3.90. The van der Waals surface area contributed by atoms with Gasteiger partial charge in [0, 0.05) is 25.3 Å². The molecule has 0 aliphatic carbocycles. The maximum Gasteiger partial charge on any atom is 0.314 e. The molecule has 2 aromatic rings. The quantitative estimate of drug-likeness (QED) is 0.385. The van der Waals surface area contributed by atoms with E-state index in [2.05, 4.69) is 32.1 Å². The van der Waals surface area contributed by atoms with Crippen LogP contribution in [0.2, 0.25) is 0 Å². The van der Waals surface area contributed by atoms with Crippen LogP contribution >= 0.6 is 0 Å². The number of nitrogens with one attached hydrogen (secondary N) is 3. The standard InChI is InChI=1S/C16H16N6O4/c1-2-3-10(23)19-8-4-5-22(7-8)14-12-11(9(6-18-14)13(17)24)20-15(25)16(26)21-12/h6,8H,4-5,7H2,1H3,(H2,17,24)(H,19,23)(H,20,25)(H,21,26)/t8-/m1/s1. The summed E-state index contributed by atoms with van der Waals surface area (Å²) in [6.45, 7) is 2.58. The second-order valence-corrected chi connectivity index (χ2v) is 5.80. The molecule has 0 radical (unpaired) electrons. The fourth-order valence-corrected chi connectivity index (χ4v) is 2.92. The minimum atomic E-state index is -0.887. The zero-order valence-electron chi connectivity index (χ0n) is 13.9. The fourth-order valence-electron chi connectivity index (χ4n) is 2.92. The molecule has 0 saturated carbocycles. The molecule has 0 aromatic carbocycles. The summed E-state index contributed by atoms with van der Waals surface area (Å²) in [7, 11) is 0. The zero-order chi connectivity index (χ0) is 18.8. The van der Waals surface area contributed by atoms with Crippen LogP contribution in [0.3, 0.4) is 0 Å². The van der Waals surface area contributed by atoms with E-state index in [0.717, 1.165) is 0 Å². The van der Waals surface area contributed by atoms with Crippen LogP contribution in [0.1, 0.15) is 23.7 Å². The monoisotopic (exact) mass is 356 g/mol. The van der Waals surface area contributed by atoms with Crippen molar-refractivity contribution < 1.29 is 9.59 Å². The molecule has 3 heterocycles. The van der Waals surface area contributed by atoms with Gasteiger partial charge in [-0.15, -0.1) is 0 Å². The van der Waals surface area contributed by atoms with Crippen LogP contribution in [0.15, 0.2) is 15.8 Å². The van der Waals surface area contributed by atoms with Gasteiger partial charge in [0.2, 0.25) is 0 Å². The maximum atomic E-state index is 11.7. The minimum Gasteiger partial charge on any atom is -0.365 e. The molecule has 0 spiro atoms. The molecule has 1 aliphatic heterocycles. The van der Waals surface area contributed by atoms with Crippen LogP contribution in [-0.4, -0.2) is 45.9 Å². The normalized spacial score (nSPS) is 16.2. The Hall–Kier alpha value is -3.61. The summed E-state index contributed by atoms with van der Waals surface area (Å²) in [4.78, 5) is 57.4. The van der Waals surface area contributed by atoms with Crippen molar-refractivity contribution in [2.75, 3.05) is 18.0 Å². The van der Waals surface area contributed by atoms with Gasteiger partial charge in [-0.2, -0.15) is 0 Å². The number of rotatable bonds is 3. The molecule has 0 unspecified atom stereocenters. The van der Waals surface area contributed by atoms with Gasteiger partial charge >= 0.3 is 11.1 Å². The van der Waals surface area contributed by atoms with Crippen molar-refractivity contribution in [2.24, 2.45) is 5.73 Å². The van der Waals surface area contributed by atoms with Crippen LogP contribution in [-0.2, 0) is 4.79 Å². The molecule has 1 aliphatic rings. The number of hydrogen-bond donors (Lipinski definition) is 4. The Bertz CT molecular complexity index is 1070. The molecule has 26 heavy (non-hydrogen) atoms. The number of H-pyrrole nitrogens is 2. The highest BCUT2D eigenvalue weighted by molar-refractivity contribution is 6.05. The molecule has 10 nitrogen and oxygen atoms in total. The number of hydrogen-bond acceptors (Lipinski definition) is 6. The van der Waals surface area contributed by atoms with Crippen molar-refractivity contribution in [1.82, 2.24) is 20.3 Å². The Kier molecular flexibility index (Phi) is 4.45. The van der Waals surface area contributed by atoms with Gasteiger partial charge in [-0.1, -0.05) is 5.92 Å². The highest BCUT2D eigenvalue weighted by Gasteiger charge is 2.27. The average Bonchev–Trinajstić information content (AvgIpc) is 3.03. The first kappa shape index (κ1) is 17.2. The molecule has 1 atom stereocenters. The van der Waals surface area contributed by atoms with Crippen molar-refractivity contribution in [3.05, 3.63) is 32.5 Å². The van der Waals surface area contributed by atoms with Gasteiger partial charge in [-0.25, -0.2) is 4.98 Å². The van der Waals surface area contributed by atoms with Gasteiger partial charge in [0.15, 0.2) is 5.82 Å². The predicted octanol–water partition coefficient (Wildman–Crippen LogP) is -1.57. The van der Waals surface area contributed by atoms with E-state index >= 15 is 0 Å².